The first-order valence-electron chi connectivity index (χ1n) is 4.09. The molecule has 0 aromatic heterocycles. The number of ether oxygens (including phenoxy) is 1. The lowest BCUT2D eigenvalue weighted by Crippen LogP contribution is -2.31. The van der Waals surface area contributed by atoms with Gasteiger partial charge in [0.1, 0.15) is 6.23 Å². The van der Waals surface area contributed by atoms with E-state index < -0.39 is 0 Å². The van der Waals surface area contributed by atoms with Crippen LogP contribution in [-0.4, -0.2) is 12.8 Å². The summed E-state index contributed by atoms with van der Waals surface area (Å²) in [7, 11) is 0. The fourth-order valence-corrected chi connectivity index (χ4v) is 0.976. The minimum absolute atomic E-state index is 0.0649. The van der Waals surface area contributed by atoms with E-state index in [-0.39, 0.29) is 6.23 Å². The Morgan fingerprint density at radius 1 is 1.40 bits per heavy atom. The first-order chi connectivity index (χ1) is 4.72. The minimum Gasteiger partial charge on any atom is -0.364 e. The summed E-state index contributed by atoms with van der Waals surface area (Å²) < 4.78 is 5.23. The van der Waals surface area contributed by atoms with Crippen molar-refractivity contribution in [1.82, 2.24) is 0 Å². The van der Waals surface area contributed by atoms with Gasteiger partial charge in [-0.25, -0.2) is 0 Å². The molecule has 0 aliphatic rings. The highest BCUT2D eigenvalue weighted by Gasteiger charge is 2.10. The summed E-state index contributed by atoms with van der Waals surface area (Å²) in [6.07, 6.45) is 2.27. The SMILES string of the molecule is CCCC(C)C(N)OCC. The van der Waals surface area contributed by atoms with Crippen molar-refractivity contribution >= 4 is 0 Å². The second kappa shape index (κ2) is 5.69. The van der Waals surface area contributed by atoms with E-state index in [1.165, 1.54) is 6.42 Å². The van der Waals surface area contributed by atoms with Crippen molar-refractivity contribution in [2.24, 2.45) is 11.7 Å². The van der Waals surface area contributed by atoms with Crippen LogP contribution >= 0.6 is 0 Å². The van der Waals surface area contributed by atoms with Crippen molar-refractivity contribution < 1.29 is 4.74 Å². The summed E-state index contributed by atoms with van der Waals surface area (Å²) in [4.78, 5) is 0. The third kappa shape index (κ3) is 3.85. The molecule has 0 aliphatic heterocycles. The number of hydrogen-bond donors (Lipinski definition) is 1. The number of nitrogens with two attached hydrogens (primary N) is 1. The van der Waals surface area contributed by atoms with E-state index in [2.05, 4.69) is 13.8 Å². The third-order valence-corrected chi connectivity index (χ3v) is 1.66. The van der Waals surface area contributed by atoms with E-state index in [4.69, 9.17) is 10.5 Å². The predicted octanol–water partition coefficient (Wildman–Crippen LogP) is 1.74. The molecule has 0 radical (unpaired) electrons. The summed E-state index contributed by atoms with van der Waals surface area (Å²) in [5.41, 5.74) is 5.69. The average molecular weight is 145 g/mol. The summed E-state index contributed by atoms with van der Waals surface area (Å²) in [5, 5.41) is 0. The highest BCUT2D eigenvalue weighted by molar-refractivity contribution is 4.58. The van der Waals surface area contributed by atoms with E-state index in [1.54, 1.807) is 0 Å². The largest absolute Gasteiger partial charge is 0.364 e. The molecule has 0 rings (SSSR count). The van der Waals surface area contributed by atoms with Crippen LogP contribution < -0.4 is 5.73 Å². The highest BCUT2D eigenvalue weighted by atomic mass is 16.5. The second-order valence-electron chi connectivity index (χ2n) is 2.69. The molecule has 0 amide bonds. The smallest absolute Gasteiger partial charge is 0.108 e. The first-order valence-corrected chi connectivity index (χ1v) is 4.09. The van der Waals surface area contributed by atoms with Crippen LogP contribution in [0.25, 0.3) is 0 Å². The molecule has 0 spiro atoms. The molecule has 0 aromatic carbocycles. The molecule has 2 nitrogen and oxygen atoms in total. The Hall–Kier alpha value is -0.0800. The van der Waals surface area contributed by atoms with Gasteiger partial charge in [-0.3, -0.25) is 0 Å². The van der Waals surface area contributed by atoms with Gasteiger partial charge >= 0.3 is 0 Å². The molecular weight excluding hydrogens is 126 g/mol. The van der Waals surface area contributed by atoms with Gasteiger partial charge in [0.15, 0.2) is 0 Å². The van der Waals surface area contributed by atoms with E-state index in [0.717, 1.165) is 13.0 Å². The number of rotatable bonds is 5. The predicted molar refractivity (Wildman–Crippen MR) is 43.7 cm³/mol. The molecule has 62 valence electrons. The Balaban J connectivity index is 3.38. The van der Waals surface area contributed by atoms with E-state index >= 15 is 0 Å². The molecule has 2 atom stereocenters. The Morgan fingerprint density at radius 2 is 2.00 bits per heavy atom. The van der Waals surface area contributed by atoms with Crippen molar-refractivity contribution in [3.63, 3.8) is 0 Å². The maximum Gasteiger partial charge on any atom is 0.108 e. The first kappa shape index (κ1) is 9.92. The maximum absolute atomic E-state index is 5.69. The van der Waals surface area contributed by atoms with Gasteiger partial charge < -0.3 is 10.5 Å². The van der Waals surface area contributed by atoms with Crippen LogP contribution in [0.1, 0.15) is 33.6 Å². The summed E-state index contributed by atoms with van der Waals surface area (Å²) in [6, 6.07) is 0. The lowest BCUT2D eigenvalue weighted by molar-refractivity contribution is 0.0271. The third-order valence-electron chi connectivity index (χ3n) is 1.66. The van der Waals surface area contributed by atoms with Crippen LogP contribution in [0.15, 0.2) is 0 Å². The van der Waals surface area contributed by atoms with Gasteiger partial charge in [0, 0.05) is 6.61 Å². The van der Waals surface area contributed by atoms with Crippen LogP contribution in [-0.2, 0) is 4.74 Å². The van der Waals surface area contributed by atoms with Gasteiger partial charge in [-0.05, 0) is 19.3 Å². The van der Waals surface area contributed by atoms with Gasteiger partial charge in [0.2, 0.25) is 0 Å². The minimum atomic E-state index is -0.0649. The lowest BCUT2D eigenvalue weighted by atomic mass is 10.1. The van der Waals surface area contributed by atoms with Crippen molar-refractivity contribution in [3.8, 4) is 0 Å². The Morgan fingerprint density at radius 3 is 2.40 bits per heavy atom. The van der Waals surface area contributed by atoms with Crippen LogP contribution in [0.2, 0.25) is 0 Å². The molecule has 0 aromatic rings. The molecular formula is C8H19NO. The average Bonchev–Trinajstić information content (AvgIpc) is 1.89. The fraction of sp³-hybridized carbons (Fsp3) is 1.00. The monoisotopic (exact) mass is 145 g/mol. The summed E-state index contributed by atoms with van der Waals surface area (Å²) >= 11 is 0. The van der Waals surface area contributed by atoms with Crippen LogP contribution in [0.5, 0.6) is 0 Å². The van der Waals surface area contributed by atoms with Gasteiger partial charge in [-0.1, -0.05) is 20.3 Å². The van der Waals surface area contributed by atoms with Gasteiger partial charge in [0.05, 0.1) is 0 Å². The molecule has 0 saturated carbocycles. The molecule has 2 heteroatoms. The molecule has 10 heavy (non-hydrogen) atoms. The van der Waals surface area contributed by atoms with Crippen LogP contribution in [0, 0.1) is 5.92 Å². The fourth-order valence-electron chi connectivity index (χ4n) is 0.976. The Labute approximate surface area is 63.7 Å². The zero-order valence-corrected chi connectivity index (χ0v) is 7.26. The molecule has 0 saturated heterocycles. The summed E-state index contributed by atoms with van der Waals surface area (Å²) in [5.74, 6) is 0.491. The van der Waals surface area contributed by atoms with Gasteiger partial charge in [-0.2, -0.15) is 0 Å². The standard InChI is InChI=1S/C8H19NO/c1-4-6-7(3)8(9)10-5-2/h7-8H,4-6,9H2,1-3H3. The Kier molecular flexibility index (Phi) is 5.64. The molecule has 2 unspecified atom stereocenters. The molecule has 0 aliphatic carbocycles. The summed E-state index contributed by atoms with van der Waals surface area (Å²) in [6.45, 7) is 6.98. The van der Waals surface area contributed by atoms with Gasteiger partial charge in [-0.15, -0.1) is 0 Å². The zero-order valence-electron chi connectivity index (χ0n) is 7.26. The normalized spacial score (nSPS) is 16.8. The van der Waals surface area contributed by atoms with Crippen LogP contribution in [0.3, 0.4) is 0 Å². The van der Waals surface area contributed by atoms with Crippen LogP contribution in [0.4, 0.5) is 0 Å². The molecule has 0 bridgehead atoms. The van der Waals surface area contributed by atoms with E-state index in [9.17, 15) is 0 Å². The van der Waals surface area contributed by atoms with E-state index in [1.807, 2.05) is 6.92 Å². The van der Waals surface area contributed by atoms with Crippen molar-refractivity contribution in [2.75, 3.05) is 6.61 Å². The lowest BCUT2D eigenvalue weighted by Gasteiger charge is -2.18. The van der Waals surface area contributed by atoms with Crippen molar-refractivity contribution in [3.05, 3.63) is 0 Å². The quantitative estimate of drug-likeness (QED) is 0.598. The topological polar surface area (TPSA) is 35.2 Å². The highest BCUT2D eigenvalue weighted by Crippen LogP contribution is 2.08. The zero-order chi connectivity index (χ0) is 7.98. The molecule has 0 fully saturated rings. The molecule has 2 N–H and O–H groups in total. The van der Waals surface area contributed by atoms with Crippen molar-refractivity contribution in [2.45, 2.75) is 39.8 Å². The molecule has 0 heterocycles. The van der Waals surface area contributed by atoms with E-state index in [0.29, 0.717) is 5.92 Å². The van der Waals surface area contributed by atoms with Gasteiger partial charge in [0.25, 0.3) is 0 Å². The second-order valence-corrected chi connectivity index (χ2v) is 2.69. The maximum atomic E-state index is 5.69. The number of hydrogen-bond acceptors (Lipinski definition) is 2. The van der Waals surface area contributed by atoms with Crippen molar-refractivity contribution in [1.29, 1.82) is 0 Å². The Bertz CT molecular complexity index is 65.7.